The molecule has 7 nitrogen and oxygen atoms in total. The van der Waals surface area contributed by atoms with Crippen molar-refractivity contribution in [3.05, 3.63) is 78.1 Å². The molecule has 2 heterocycles. The fourth-order valence-corrected chi connectivity index (χ4v) is 3.60. The van der Waals surface area contributed by atoms with Crippen LogP contribution in [0.5, 0.6) is 5.88 Å². The van der Waals surface area contributed by atoms with Gasteiger partial charge < -0.3 is 25.6 Å². The second-order valence-corrected chi connectivity index (χ2v) is 8.10. The molecule has 7 heteroatoms. The Morgan fingerprint density at radius 2 is 1.84 bits per heavy atom. The Kier molecular flexibility index (Phi) is 6.09. The van der Waals surface area contributed by atoms with Gasteiger partial charge in [-0.1, -0.05) is 0 Å². The smallest absolute Gasteiger partial charge is 0.199 e. The van der Waals surface area contributed by atoms with Gasteiger partial charge in [0.1, 0.15) is 0 Å². The minimum absolute atomic E-state index is 0.0493. The van der Waals surface area contributed by atoms with Gasteiger partial charge in [0.25, 0.3) is 0 Å². The van der Waals surface area contributed by atoms with E-state index in [9.17, 15) is 5.11 Å². The highest BCUT2D eigenvalue weighted by Crippen LogP contribution is 2.32. The summed E-state index contributed by atoms with van der Waals surface area (Å²) in [6.07, 6.45) is 3.47. The largest absolute Gasteiger partial charge is 0.494 e. The fourth-order valence-electron chi connectivity index (χ4n) is 3.60. The lowest BCUT2D eigenvalue weighted by Crippen LogP contribution is -2.28. The molecule has 0 radical (unpaired) electrons. The van der Waals surface area contributed by atoms with Crippen LogP contribution in [0.4, 0.5) is 17.1 Å². The number of benzene rings is 2. The Hall–Kier alpha value is -3.84. The molecule has 0 aliphatic rings. The lowest BCUT2D eigenvalue weighted by molar-refractivity contribution is 0.416. The van der Waals surface area contributed by atoms with Gasteiger partial charge >= 0.3 is 0 Å². The lowest BCUT2D eigenvalue weighted by Gasteiger charge is -2.21. The van der Waals surface area contributed by atoms with E-state index in [0.29, 0.717) is 17.0 Å². The molecular formula is C25H28N6O. The summed E-state index contributed by atoms with van der Waals surface area (Å²) in [5, 5.41) is 11.6. The number of nitrogen functional groups attached to an aromatic ring is 1. The van der Waals surface area contributed by atoms with Gasteiger partial charge in [0, 0.05) is 54.9 Å². The number of aromatic nitrogens is 2. The number of hydrogen-bond donors (Lipinski definition) is 3. The number of anilines is 2. The standard InChI is InChI=1S/C25H28N6O/c1-30(2)13-14-31(3)20-9-7-19(8-10-20)28-24(17-5-4-12-27-16-17)23-21-11-6-18(26)15-22(21)29-25(23)32/h4-12,15-16,29,32H,13-14,26H2,1-3H3. The van der Waals surface area contributed by atoms with E-state index in [0.717, 1.165) is 40.9 Å². The second-order valence-electron chi connectivity index (χ2n) is 8.10. The van der Waals surface area contributed by atoms with Crippen LogP contribution in [-0.4, -0.2) is 59.9 Å². The molecule has 32 heavy (non-hydrogen) atoms. The van der Waals surface area contributed by atoms with Crippen LogP contribution in [0.2, 0.25) is 0 Å². The minimum Gasteiger partial charge on any atom is -0.494 e. The molecule has 164 valence electrons. The van der Waals surface area contributed by atoms with Crippen LogP contribution in [0.1, 0.15) is 11.1 Å². The van der Waals surface area contributed by atoms with E-state index in [-0.39, 0.29) is 5.88 Å². The molecule has 0 atom stereocenters. The first-order valence-electron chi connectivity index (χ1n) is 10.5. The Morgan fingerprint density at radius 3 is 2.53 bits per heavy atom. The average molecular weight is 429 g/mol. The predicted molar refractivity (Wildman–Crippen MR) is 132 cm³/mol. The maximum atomic E-state index is 10.7. The number of nitrogens with zero attached hydrogens (tertiary/aromatic N) is 4. The molecule has 0 fully saturated rings. The number of rotatable bonds is 7. The third kappa shape index (κ3) is 4.58. The normalized spacial score (nSPS) is 11.9. The summed E-state index contributed by atoms with van der Waals surface area (Å²) in [5.74, 6) is 0.0493. The molecule has 0 saturated heterocycles. The Morgan fingerprint density at radius 1 is 1.06 bits per heavy atom. The third-order valence-electron chi connectivity index (χ3n) is 5.39. The van der Waals surface area contributed by atoms with E-state index in [1.165, 1.54) is 0 Å². The first-order valence-corrected chi connectivity index (χ1v) is 10.5. The summed E-state index contributed by atoms with van der Waals surface area (Å²) >= 11 is 0. The Balaban J connectivity index is 1.75. The van der Waals surface area contributed by atoms with Crippen molar-refractivity contribution >= 4 is 33.7 Å². The summed E-state index contributed by atoms with van der Waals surface area (Å²) in [6.45, 7) is 1.91. The molecule has 0 spiro atoms. The van der Waals surface area contributed by atoms with Gasteiger partial charge in [0.2, 0.25) is 0 Å². The number of aromatic amines is 1. The monoisotopic (exact) mass is 428 g/mol. The highest BCUT2D eigenvalue weighted by atomic mass is 16.3. The minimum atomic E-state index is 0.0493. The van der Waals surface area contributed by atoms with Crippen molar-refractivity contribution in [3.63, 3.8) is 0 Å². The Bertz CT molecular complexity index is 1230. The zero-order valence-electron chi connectivity index (χ0n) is 18.6. The molecule has 0 bridgehead atoms. The van der Waals surface area contributed by atoms with Crippen molar-refractivity contribution in [3.8, 4) is 5.88 Å². The van der Waals surface area contributed by atoms with Crippen molar-refractivity contribution in [2.24, 2.45) is 4.99 Å². The van der Waals surface area contributed by atoms with Crippen LogP contribution in [0.3, 0.4) is 0 Å². The number of hydrogen-bond acceptors (Lipinski definition) is 6. The first-order chi connectivity index (χ1) is 15.4. The van der Waals surface area contributed by atoms with Gasteiger partial charge in [0.05, 0.1) is 22.5 Å². The van der Waals surface area contributed by atoms with Crippen LogP contribution in [-0.2, 0) is 0 Å². The van der Waals surface area contributed by atoms with Gasteiger partial charge in [0.15, 0.2) is 5.88 Å². The van der Waals surface area contributed by atoms with E-state index in [1.54, 1.807) is 18.5 Å². The summed E-state index contributed by atoms with van der Waals surface area (Å²) in [4.78, 5) is 16.6. The van der Waals surface area contributed by atoms with Gasteiger partial charge in [-0.25, -0.2) is 4.99 Å². The summed E-state index contributed by atoms with van der Waals surface area (Å²) < 4.78 is 0. The molecule has 0 aliphatic heterocycles. The van der Waals surface area contributed by atoms with Crippen molar-refractivity contribution in [2.45, 2.75) is 0 Å². The summed E-state index contributed by atoms with van der Waals surface area (Å²) in [6, 6.07) is 17.4. The fraction of sp³-hybridized carbons (Fsp3) is 0.200. The van der Waals surface area contributed by atoms with E-state index < -0.39 is 0 Å². The van der Waals surface area contributed by atoms with Gasteiger partial charge in [-0.05, 0) is 68.7 Å². The Labute approximate surface area is 187 Å². The zero-order chi connectivity index (χ0) is 22.7. The zero-order valence-corrected chi connectivity index (χ0v) is 18.6. The van der Waals surface area contributed by atoms with Crippen molar-refractivity contribution in [1.82, 2.24) is 14.9 Å². The molecule has 4 N–H and O–H groups in total. The highest BCUT2D eigenvalue weighted by molar-refractivity contribution is 6.21. The molecule has 4 rings (SSSR count). The molecule has 0 aliphatic carbocycles. The average Bonchev–Trinajstić information content (AvgIpc) is 3.11. The van der Waals surface area contributed by atoms with Gasteiger partial charge in [-0.3, -0.25) is 4.98 Å². The van der Waals surface area contributed by atoms with Crippen LogP contribution in [0.15, 0.2) is 72.0 Å². The number of likely N-dealkylation sites (N-methyl/N-ethyl adjacent to an activating group) is 2. The van der Waals surface area contributed by atoms with Crippen molar-refractivity contribution in [1.29, 1.82) is 0 Å². The van der Waals surface area contributed by atoms with E-state index in [2.05, 4.69) is 53.0 Å². The first kappa shape index (κ1) is 21.4. The third-order valence-corrected chi connectivity index (χ3v) is 5.39. The molecule has 0 unspecified atom stereocenters. The van der Waals surface area contributed by atoms with Crippen LogP contribution >= 0.6 is 0 Å². The summed E-state index contributed by atoms with van der Waals surface area (Å²) in [5.41, 5.74) is 11.3. The van der Waals surface area contributed by atoms with Crippen molar-refractivity contribution < 1.29 is 5.11 Å². The maximum Gasteiger partial charge on any atom is 0.199 e. The van der Waals surface area contributed by atoms with Gasteiger partial charge in [-0.2, -0.15) is 0 Å². The lowest BCUT2D eigenvalue weighted by atomic mass is 10.0. The number of aromatic hydroxyl groups is 1. The molecule has 2 aromatic heterocycles. The molecule has 4 aromatic rings. The van der Waals surface area contributed by atoms with Crippen molar-refractivity contribution in [2.75, 3.05) is 44.9 Å². The molecular weight excluding hydrogens is 400 g/mol. The van der Waals surface area contributed by atoms with Gasteiger partial charge in [-0.15, -0.1) is 0 Å². The SMILES string of the molecule is CN(C)CCN(C)c1ccc(N=C(c2cccnc2)c2c(O)[nH]c3cc(N)ccc23)cc1. The number of pyridine rings is 1. The topological polar surface area (TPSA) is 93.8 Å². The number of nitrogens with one attached hydrogen (secondary N) is 1. The maximum absolute atomic E-state index is 10.7. The van der Waals surface area contributed by atoms with E-state index in [1.807, 2.05) is 36.4 Å². The number of H-pyrrole nitrogens is 1. The van der Waals surface area contributed by atoms with E-state index >= 15 is 0 Å². The number of aliphatic imine (C=N–C) groups is 1. The van der Waals surface area contributed by atoms with Crippen LogP contribution < -0.4 is 10.6 Å². The quantitative estimate of drug-likeness (QED) is 0.305. The number of fused-ring (bicyclic) bond motifs is 1. The highest BCUT2D eigenvalue weighted by Gasteiger charge is 2.19. The van der Waals surface area contributed by atoms with E-state index in [4.69, 9.17) is 10.7 Å². The number of nitrogens with two attached hydrogens (primary N) is 1. The van der Waals surface area contributed by atoms with Crippen LogP contribution in [0.25, 0.3) is 10.9 Å². The second kappa shape index (κ2) is 9.11. The summed E-state index contributed by atoms with van der Waals surface area (Å²) in [7, 11) is 6.22. The molecule has 0 saturated carbocycles. The molecule has 0 amide bonds. The molecule has 2 aromatic carbocycles. The predicted octanol–water partition coefficient (Wildman–Crippen LogP) is 4.02. The van der Waals surface area contributed by atoms with Crippen LogP contribution in [0, 0.1) is 0 Å².